The molecule has 2 aromatic carbocycles. The molecule has 1 aromatic heterocycles. The molecular weight excluding hydrogens is 372 g/mol. The van der Waals surface area contributed by atoms with Crippen molar-refractivity contribution in [1.82, 2.24) is 20.2 Å². The Morgan fingerprint density at radius 2 is 1.96 bits per heavy atom. The number of aromatic nitrogens is 2. The number of nitrogens with one attached hydrogen (secondary N) is 2. The van der Waals surface area contributed by atoms with Crippen LogP contribution in [-0.2, 0) is 11.2 Å². The Balaban J connectivity index is 1.49. The number of H-pyrrole nitrogens is 1. The van der Waals surface area contributed by atoms with E-state index in [0.29, 0.717) is 19.5 Å². The average molecular weight is 395 g/mol. The third-order valence-corrected chi connectivity index (χ3v) is 5.70. The van der Waals surface area contributed by atoms with Gasteiger partial charge in [0.1, 0.15) is 5.82 Å². The molecule has 0 spiro atoms. The monoisotopic (exact) mass is 394 g/mol. The van der Waals surface area contributed by atoms with Crippen molar-refractivity contribution < 1.29 is 9.59 Å². The molecule has 0 saturated carbocycles. The first-order valence-electron chi connectivity index (χ1n) is 9.39. The Morgan fingerprint density at radius 3 is 2.71 bits per heavy atom. The van der Waals surface area contributed by atoms with Crippen molar-refractivity contribution in [2.75, 3.05) is 18.8 Å². The van der Waals surface area contributed by atoms with Gasteiger partial charge in [-0.05, 0) is 24.1 Å². The van der Waals surface area contributed by atoms with Crippen molar-refractivity contribution in [3.63, 3.8) is 0 Å². The fourth-order valence-corrected chi connectivity index (χ4v) is 4.19. The van der Waals surface area contributed by atoms with Crippen LogP contribution >= 0.6 is 11.8 Å². The van der Waals surface area contributed by atoms with E-state index in [2.05, 4.69) is 15.3 Å². The van der Waals surface area contributed by atoms with Gasteiger partial charge in [0.25, 0.3) is 5.24 Å². The Hall–Kier alpha value is -2.80. The Morgan fingerprint density at radius 1 is 1.18 bits per heavy atom. The second kappa shape index (κ2) is 8.48. The minimum absolute atomic E-state index is 0.0610. The number of thioether (sulfide) groups is 1. The van der Waals surface area contributed by atoms with Crippen molar-refractivity contribution in [1.29, 1.82) is 0 Å². The normalized spacial score (nSPS) is 15.1. The number of carbonyl (C=O) groups is 2. The van der Waals surface area contributed by atoms with Crippen LogP contribution in [-0.4, -0.2) is 44.9 Å². The highest BCUT2D eigenvalue weighted by molar-refractivity contribution is 8.13. The Labute approximate surface area is 167 Å². The first kappa shape index (κ1) is 18.6. The highest BCUT2D eigenvalue weighted by Gasteiger charge is 2.23. The standard InChI is InChI=1S/C21H22N4O2S/c26-19(10-11-25-12-13-28-21(25)27)22-18(14-15-6-2-1-3-7-15)20-23-16-8-4-5-9-17(16)24-20/h1-9,18H,10-14H2,(H,22,26)(H,23,24). The number of fused-ring (bicyclic) bond motifs is 1. The van der Waals surface area contributed by atoms with Crippen LogP contribution in [0.3, 0.4) is 0 Å². The summed E-state index contributed by atoms with van der Waals surface area (Å²) in [5.41, 5.74) is 2.95. The van der Waals surface area contributed by atoms with Crippen LogP contribution in [0.1, 0.15) is 23.9 Å². The molecule has 7 heteroatoms. The zero-order valence-corrected chi connectivity index (χ0v) is 16.2. The van der Waals surface area contributed by atoms with Gasteiger partial charge in [-0.2, -0.15) is 0 Å². The van der Waals surface area contributed by atoms with Gasteiger partial charge in [-0.15, -0.1) is 0 Å². The summed E-state index contributed by atoms with van der Waals surface area (Å²) in [5.74, 6) is 1.47. The average Bonchev–Trinajstić information content (AvgIpc) is 3.32. The molecule has 1 atom stereocenters. The lowest BCUT2D eigenvalue weighted by Crippen LogP contribution is -2.34. The van der Waals surface area contributed by atoms with Crippen LogP contribution in [0.4, 0.5) is 4.79 Å². The molecule has 6 nitrogen and oxygen atoms in total. The number of amides is 2. The summed E-state index contributed by atoms with van der Waals surface area (Å²) in [4.78, 5) is 34.1. The Bertz CT molecular complexity index is 940. The maximum absolute atomic E-state index is 12.6. The zero-order chi connectivity index (χ0) is 19.3. The highest BCUT2D eigenvalue weighted by atomic mass is 32.2. The molecule has 0 radical (unpaired) electrons. The van der Waals surface area contributed by atoms with Crippen molar-refractivity contribution in [2.24, 2.45) is 0 Å². The molecule has 144 valence electrons. The predicted molar refractivity (Wildman–Crippen MR) is 111 cm³/mol. The van der Waals surface area contributed by atoms with Crippen LogP contribution in [0.25, 0.3) is 11.0 Å². The molecule has 4 rings (SSSR count). The second-order valence-corrected chi connectivity index (χ2v) is 7.85. The van der Waals surface area contributed by atoms with Gasteiger partial charge in [0.05, 0.1) is 17.1 Å². The minimum Gasteiger partial charge on any atom is -0.346 e. The molecule has 28 heavy (non-hydrogen) atoms. The lowest BCUT2D eigenvalue weighted by Gasteiger charge is -2.19. The van der Waals surface area contributed by atoms with Crippen LogP contribution in [0.2, 0.25) is 0 Å². The molecule has 1 saturated heterocycles. The van der Waals surface area contributed by atoms with Gasteiger partial charge in [0, 0.05) is 25.3 Å². The molecule has 0 aliphatic carbocycles. The maximum atomic E-state index is 12.6. The number of nitrogens with zero attached hydrogens (tertiary/aromatic N) is 2. The third kappa shape index (κ3) is 4.36. The zero-order valence-electron chi connectivity index (χ0n) is 15.4. The Kier molecular flexibility index (Phi) is 5.62. The molecule has 1 unspecified atom stereocenters. The second-order valence-electron chi connectivity index (χ2n) is 6.80. The topological polar surface area (TPSA) is 78.1 Å². The molecule has 1 fully saturated rings. The molecule has 1 aliphatic rings. The van der Waals surface area contributed by atoms with E-state index in [1.807, 2.05) is 54.6 Å². The minimum atomic E-state index is -0.258. The number of rotatable bonds is 7. The van der Waals surface area contributed by atoms with E-state index in [0.717, 1.165) is 28.2 Å². The van der Waals surface area contributed by atoms with E-state index in [1.165, 1.54) is 11.8 Å². The van der Waals surface area contributed by atoms with Gasteiger partial charge in [-0.3, -0.25) is 9.59 Å². The van der Waals surface area contributed by atoms with Crippen molar-refractivity contribution in [3.8, 4) is 0 Å². The summed E-state index contributed by atoms with van der Waals surface area (Å²) in [5, 5.41) is 3.17. The molecule has 2 heterocycles. The van der Waals surface area contributed by atoms with Crippen LogP contribution in [0.15, 0.2) is 54.6 Å². The number of imidazole rings is 1. The largest absolute Gasteiger partial charge is 0.346 e. The fraction of sp³-hybridized carbons (Fsp3) is 0.286. The van der Waals surface area contributed by atoms with E-state index < -0.39 is 0 Å². The summed E-state index contributed by atoms with van der Waals surface area (Å²) in [6.45, 7) is 1.17. The fourth-order valence-electron chi connectivity index (χ4n) is 3.34. The number of carbonyl (C=O) groups excluding carboxylic acids is 2. The van der Waals surface area contributed by atoms with Gasteiger partial charge in [0.2, 0.25) is 5.91 Å². The smallest absolute Gasteiger partial charge is 0.281 e. The third-order valence-electron chi connectivity index (χ3n) is 4.81. The highest BCUT2D eigenvalue weighted by Crippen LogP contribution is 2.21. The summed E-state index contributed by atoms with van der Waals surface area (Å²) in [7, 11) is 0. The van der Waals surface area contributed by atoms with Crippen LogP contribution < -0.4 is 5.32 Å². The van der Waals surface area contributed by atoms with Gasteiger partial charge in [-0.25, -0.2) is 4.98 Å². The first-order chi connectivity index (χ1) is 13.7. The van der Waals surface area contributed by atoms with Gasteiger partial charge >= 0.3 is 0 Å². The molecule has 3 aromatic rings. The maximum Gasteiger partial charge on any atom is 0.281 e. The predicted octanol–water partition coefficient (Wildman–Crippen LogP) is 3.52. The molecular formula is C21H22N4O2S. The SMILES string of the molecule is O=C(CCN1CCSC1=O)NC(Cc1ccccc1)c1nc2ccccc2[nH]1. The number of hydrogen-bond acceptors (Lipinski definition) is 4. The van der Waals surface area contributed by atoms with E-state index in [-0.39, 0.29) is 23.6 Å². The summed E-state index contributed by atoms with van der Waals surface area (Å²) < 4.78 is 0. The summed E-state index contributed by atoms with van der Waals surface area (Å²) in [6.07, 6.45) is 0.933. The van der Waals surface area contributed by atoms with E-state index in [1.54, 1.807) is 4.90 Å². The summed E-state index contributed by atoms with van der Waals surface area (Å²) in [6, 6.07) is 17.6. The van der Waals surface area contributed by atoms with Crippen molar-refractivity contribution in [3.05, 3.63) is 66.0 Å². The quantitative estimate of drug-likeness (QED) is 0.643. The van der Waals surface area contributed by atoms with E-state index in [9.17, 15) is 9.59 Å². The van der Waals surface area contributed by atoms with Gasteiger partial charge in [0.15, 0.2) is 0 Å². The number of benzene rings is 2. The lowest BCUT2D eigenvalue weighted by molar-refractivity contribution is -0.122. The van der Waals surface area contributed by atoms with Crippen molar-refractivity contribution >= 4 is 33.9 Å². The van der Waals surface area contributed by atoms with Gasteiger partial charge in [-0.1, -0.05) is 54.2 Å². The van der Waals surface area contributed by atoms with Crippen LogP contribution in [0, 0.1) is 0 Å². The molecule has 0 bridgehead atoms. The number of para-hydroxylation sites is 2. The molecule has 2 N–H and O–H groups in total. The molecule has 1 aliphatic heterocycles. The number of aromatic amines is 1. The number of hydrogen-bond donors (Lipinski definition) is 2. The van der Waals surface area contributed by atoms with Gasteiger partial charge < -0.3 is 15.2 Å². The lowest BCUT2D eigenvalue weighted by atomic mass is 10.1. The van der Waals surface area contributed by atoms with E-state index in [4.69, 9.17) is 0 Å². The van der Waals surface area contributed by atoms with Crippen molar-refractivity contribution in [2.45, 2.75) is 18.9 Å². The van der Waals surface area contributed by atoms with Crippen LogP contribution in [0.5, 0.6) is 0 Å². The summed E-state index contributed by atoms with van der Waals surface area (Å²) >= 11 is 1.31. The molecule has 2 amide bonds. The first-order valence-corrected chi connectivity index (χ1v) is 10.4. The van der Waals surface area contributed by atoms with E-state index >= 15 is 0 Å².